The van der Waals surface area contributed by atoms with Crippen molar-refractivity contribution in [1.82, 2.24) is 4.98 Å². The fourth-order valence-corrected chi connectivity index (χ4v) is 2.71. The van der Waals surface area contributed by atoms with E-state index in [1.807, 2.05) is 6.20 Å². The third-order valence-electron chi connectivity index (χ3n) is 3.80. The molecule has 1 aromatic heterocycles. The molecule has 0 spiro atoms. The summed E-state index contributed by atoms with van der Waals surface area (Å²) in [6.07, 6.45) is 3.01. The minimum absolute atomic E-state index is 0.613. The summed E-state index contributed by atoms with van der Waals surface area (Å²) in [5.74, 6) is 1.60. The molecule has 106 valence electrons. The molecule has 3 heteroatoms. The lowest BCUT2D eigenvalue weighted by molar-refractivity contribution is 0.733. The van der Waals surface area contributed by atoms with Gasteiger partial charge in [0.15, 0.2) is 0 Å². The van der Waals surface area contributed by atoms with E-state index in [0.29, 0.717) is 5.92 Å². The summed E-state index contributed by atoms with van der Waals surface area (Å²) in [7, 11) is 2.06. The van der Waals surface area contributed by atoms with Gasteiger partial charge < -0.3 is 4.90 Å². The van der Waals surface area contributed by atoms with Gasteiger partial charge >= 0.3 is 0 Å². The number of hydrogen-bond donors (Lipinski definition) is 0. The lowest BCUT2D eigenvalue weighted by Crippen LogP contribution is -2.12. The normalized spacial score (nSPS) is 12.2. The maximum Gasteiger partial charge on any atom is 0.135 e. The van der Waals surface area contributed by atoms with Gasteiger partial charge in [0.25, 0.3) is 0 Å². The molecule has 0 aliphatic carbocycles. The van der Waals surface area contributed by atoms with Crippen molar-refractivity contribution in [1.29, 1.82) is 0 Å². The lowest BCUT2D eigenvalue weighted by atomic mass is 9.98. The molecule has 0 amide bonds. The zero-order chi connectivity index (χ0) is 14.7. The van der Waals surface area contributed by atoms with Crippen molar-refractivity contribution in [2.75, 3.05) is 11.9 Å². The Balaban J connectivity index is 2.26. The van der Waals surface area contributed by atoms with Crippen LogP contribution in [0.15, 0.2) is 41.0 Å². The number of pyridine rings is 1. The van der Waals surface area contributed by atoms with Crippen LogP contribution in [0.3, 0.4) is 0 Å². The van der Waals surface area contributed by atoms with E-state index in [1.54, 1.807) is 0 Å². The number of hydrogen-bond acceptors (Lipinski definition) is 2. The second-order valence-corrected chi connectivity index (χ2v) is 6.17. The minimum atomic E-state index is 0.613. The molecular weight excluding hydrogens is 312 g/mol. The number of benzene rings is 1. The SMILES string of the molecule is CCC(C)c1ccc(N(C)c2ncc(Br)cc2C)cc1. The Labute approximate surface area is 130 Å². The van der Waals surface area contributed by atoms with Crippen LogP contribution in [-0.4, -0.2) is 12.0 Å². The molecule has 0 radical (unpaired) electrons. The Kier molecular flexibility index (Phi) is 4.81. The molecule has 0 saturated carbocycles. The molecule has 0 saturated heterocycles. The van der Waals surface area contributed by atoms with Crippen LogP contribution in [0.25, 0.3) is 0 Å². The molecule has 1 heterocycles. The first-order valence-electron chi connectivity index (χ1n) is 6.98. The summed E-state index contributed by atoms with van der Waals surface area (Å²) in [5, 5.41) is 0. The highest BCUT2D eigenvalue weighted by molar-refractivity contribution is 9.10. The van der Waals surface area contributed by atoms with Crippen LogP contribution in [0.4, 0.5) is 11.5 Å². The summed E-state index contributed by atoms with van der Waals surface area (Å²) in [6.45, 7) is 6.57. The van der Waals surface area contributed by atoms with E-state index in [0.717, 1.165) is 21.5 Å². The Morgan fingerprint density at radius 3 is 2.45 bits per heavy atom. The van der Waals surface area contributed by atoms with Crippen LogP contribution in [0, 0.1) is 6.92 Å². The van der Waals surface area contributed by atoms with Crippen LogP contribution >= 0.6 is 15.9 Å². The van der Waals surface area contributed by atoms with Gasteiger partial charge in [-0.3, -0.25) is 0 Å². The van der Waals surface area contributed by atoms with Gasteiger partial charge in [0, 0.05) is 23.4 Å². The zero-order valence-electron chi connectivity index (χ0n) is 12.5. The van der Waals surface area contributed by atoms with Gasteiger partial charge in [-0.15, -0.1) is 0 Å². The first-order chi connectivity index (χ1) is 9.52. The van der Waals surface area contributed by atoms with Crippen molar-refractivity contribution in [3.8, 4) is 0 Å². The van der Waals surface area contributed by atoms with Crippen molar-refractivity contribution >= 4 is 27.4 Å². The first kappa shape index (κ1) is 15.0. The highest BCUT2D eigenvalue weighted by Gasteiger charge is 2.10. The summed E-state index contributed by atoms with van der Waals surface area (Å²) < 4.78 is 1.01. The molecule has 0 bridgehead atoms. The molecule has 0 fully saturated rings. The molecule has 0 N–H and O–H groups in total. The molecule has 20 heavy (non-hydrogen) atoms. The lowest BCUT2D eigenvalue weighted by Gasteiger charge is -2.21. The summed E-state index contributed by atoms with van der Waals surface area (Å²) in [4.78, 5) is 6.63. The van der Waals surface area contributed by atoms with Gasteiger partial charge in [0.1, 0.15) is 5.82 Å². The van der Waals surface area contributed by atoms with E-state index < -0.39 is 0 Å². The molecular formula is C17H21BrN2. The van der Waals surface area contributed by atoms with E-state index in [-0.39, 0.29) is 0 Å². The Hall–Kier alpha value is -1.35. The maximum absolute atomic E-state index is 4.51. The molecule has 2 aromatic rings. The van der Waals surface area contributed by atoms with Gasteiger partial charge in [-0.1, -0.05) is 26.0 Å². The Morgan fingerprint density at radius 1 is 1.25 bits per heavy atom. The van der Waals surface area contributed by atoms with Crippen molar-refractivity contribution in [2.45, 2.75) is 33.1 Å². The molecule has 1 aromatic carbocycles. The zero-order valence-corrected chi connectivity index (χ0v) is 14.1. The minimum Gasteiger partial charge on any atom is -0.329 e. The molecule has 0 aliphatic heterocycles. The number of rotatable bonds is 4. The number of halogens is 1. The van der Waals surface area contributed by atoms with Gasteiger partial charge in [0.05, 0.1) is 0 Å². The van der Waals surface area contributed by atoms with Crippen molar-refractivity contribution < 1.29 is 0 Å². The highest BCUT2D eigenvalue weighted by atomic mass is 79.9. The van der Waals surface area contributed by atoms with Crippen LogP contribution in [0.2, 0.25) is 0 Å². The molecule has 2 nitrogen and oxygen atoms in total. The third-order valence-corrected chi connectivity index (χ3v) is 4.23. The van der Waals surface area contributed by atoms with Crippen LogP contribution in [0.1, 0.15) is 37.3 Å². The standard InChI is InChI=1S/C17H21BrN2/c1-5-12(2)14-6-8-16(9-7-14)20(4)17-13(3)10-15(18)11-19-17/h6-12H,5H2,1-4H3. The van der Waals surface area contributed by atoms with Gasteiger partial charge in [0.2, 0.25) is 0 Å². The van der Waals surface area contributed by atoms with E-state index in [1.165, 1.54) is 12.0 Å². The number of anilines is 2. The largest absolute Gasteiger partial charge is 0.329 e. The number of aryl methyl sites for hydroxylation is 1. The quantitative estimate of drug-likeness (QED) is 0.741. The van der Waals surface area contributed by atoms with Crippen molar-refractivity contribution in [3.63, 3.8) is 0 Å². The predicted molar refractivity (Wildman–Crippen MR) is 89.9 cm³/mol. The van der Waals surface area contributed by atoms with Gasteiger partial charge in [-0.25, -0.2) is 4.98 Å². The molecule has 2 rings (SSSR count). The second kappa shape index (κ2) is 6.40. The first-order valence-corrected chi connectivity index (χ1v) is 7.78. The van der Waals surface area contributed by atoms with E-state index in [2.05, 4.69) is 84.0 Å². The Bertz CT molecular complexity index is 578. The fourth-order valence-electron chi connectivity index (χ4n) is 2.27. The van der Waals surface area contributed by atoms with Crippen LogP contribution in [-0.2, 0) is 0 Å². The summed E-state index contributed by atoms with van der Waals surface area (Å²) in [5.41, 5.74) is 3.72. The van der Waals surface area contributed by atoms with Crippen LogP contribution in [0.5, 0.6) is 0 Å². The second-order valence-electron chi connectivity index (χ2n) is 5.25. The predicted octanol–water partition coefficient (Wildman–Crippen LogP) is 5.43. The average molecular weight is 333 g/mol. The third kappa shape index (κ3) is 3.21. The fraction of sp³-hybridized carbons (Fsp3) is 0.353. The van der Waals surface area contributed by atoms with Gasteiger partial charge in [-0.05, 0) is 64.5 Å². The van der Waals surface area contributed by atoms with E-state index >= 15 is 0 Å². The smallest absolute Gasteiger partial charge is 0.135 e. The van der Waals surface area contributed by atoms with Crippen molar-refractivity contribution in [2.24, 2.45) is 0 Å². The topological polar surface area (TPSA) is 16.1 Å². The molecule has 0 aliphatic rings. The maximum atomic E-state index is 4.51. The Morgan fingerprint density at radius 2 is 1.90 bits per heavy atom. The van der Waals surface area contributed by atoms with E-state index in [9.17, 15) is 0 Å². The molecule has 1 unspecified atom stereocenters. The van der Waals surface area contributed by atoms with Crippen molar-refractivity contribution in [3.05, 3.63) is 52.1 Å². The van der Waals surface area contributed by atoms with Gasteiger partial charge in [-0.2, -0.15) is 0 Å². The number of aromatic nitrogens is 1. The summed E-state index contributed by atoms with van der Waals surface area (Å²) >= 11 is 3.45. The molecule has 1 atom stereocenters. The highest BCUT2D eigenvalue weighted by Crippen LogP contribution is 2.28. The van der Waals surface area contributed by atoms with E-state index in [4.69, 9.17) is 0 Å². The van der Waals surface area contributed by atoms with Crippen LogP contribution < -0.4 is 4.90 Å². The number of nitrogens with zero attached hydrogens (tertiary/aromatic N) is 2. The monoisotopic (exact) mass is 332 g/mol. The summed E-state index contributed by atoms with van der Waals surface area (Å²) in [6, 6.07) is 10.9. The average Bonchev–Trinajstić information content (AvgIpc) is 2.46.